The van der Waals surface area contributed by atoms with Crippen molar-refractivity contribution in [2.45, 2.75) is 26.4 Å². The second kappa shape index (κ2) is 5.53. The van der Waals surface area contributed by atoms with Crippen molar-refractivity contribution in [1.82, 2.24) is 4.98 Å². The molecule has 0 radical (unpaired) electrons. The van der Waals surface area contributed by atoms with Gasteiger partial charge in [-0.15, -0.1) is 11.3 Å². The van der Waals surface area contributed by atoms with E-state index in [0.29, 0.717) is 5.01 Å². The predicted octanol–water partition coefficient (Wildman–Crippen LogP) is 5.23. The molecule has 6 heteroatoms. The highest BCUT2D eigenvalue weighted by molar-refractivity contribution is 7.18. The van der Waals surface area contributed by atoms with Gasteiger partial charge in [-0.1, -0.05) is 6.07 Å². The molecule has 2 nitrogen and oxygen atoms in total. The molecular formula is C17H14F3NOS. The third-order valence-corrected chi connectivity index (χ3v) is 4.68. The van der Waals surface area contributed by atoms with Crippen LogP contribution in [0.15, 0.2) is 30.3 Å². The van der Waals surface area contributed by atoms with E-state index < -0.39 is 11.7 Å². The molecule has 0 unspecified atom stereocenters. The normalized spacial score (nSPS) is 12.0. The number of thiazole rings is 1. The van der Waals surface area contributed by atoms with Crippen LogP contribution in [0.1, 0.15) is 27.3 Å². The maximum absolute atomic E-state index is 13.2. The first-order valence-electron chi connectivity index (χ1n) is 7.00. The van der Waals surface area contributed by atoms with Gasteiger partial charge < -0.3 is 5.11 Å². The lowest BCUT2D eigenvalue weighted by Gasteiger charge is -2.14. The summed E-state index contributed by atoms with van der Waals surface area (Å²) < 4.78 is 40.6. The zero-order chi connectivity index (χ0) is 16.8. The number of aryl methyl sites for hydroxylation is 2. The number of halogens is 3. The van der Waals surface area contributed by atoms with Crippen molar-refractivity contribution in [3.05, 3.63) is 57.6 Å². The zero-order valence-electron chi connectivity index (χ0n) is 12.5. The van der Waals surface area contributed by atoms with Gasteiger partial charge in [-0.2, -0.15) is 13.2 Å². The minimum atomic E-state index is -4.46. The van der Waals surface area contributed by atoms with Crippen LogP contribution in [-0.2, 0) is 12.6 Å². The van der Waals surface area contributed by atoms with Gasteiger partial charge in [0.1, 0.15) is 5.75 Å². The third kappa shape index (κ3) is 3.17. The van der Waals surface area contributed by atoms with Crippen LogP contribution in [0, 0.1) is 13.8 Å². The van der Waals surface area contributed by atoms with Gasteiger partial charge in [0.15, 0.2) is 0 Å². The molecule has 23 heavy (non-hydrogen) atoms. The number of benzene rings is 2. The van der Waals surface area contributed by atoms with Crippen LogP contribution in [0.2, 0.25) is 0 Å². The topological polar surface area (TPSA) is 33.1 Å². The highest BCUT2D eigenvalue weighted by atomic mass is 32.1. The van der Waals surface area contributed by atoms with E-state index in [2.05, 4.69) is 4.98 Å². The zero-order valence-corrected chi connectivity index (χ0v) is 13.3. The van der Waals surface area contributed by atoms with E-state index in [1.807, 2.05) is 25.1 Å². The molecule has 0 bridgehead atoms. The summed E-state index contributed by atoms with van der Waals surface area (Å²) in [6, 6.07) is 7.93. The lowest BCUT2D eigenvalue weighted by molar-refractivity contribution is -0.138. The van der Waals surface area contributed by atoms with Crippen LogP contribution >= 0.6 is 11.3 Å². The van der Waals surface area contributed by atoms with Crippen LogP contribution in [-0.4, -0.2) is 10.1 Å². The molecule has 2 aromatic carbocycles. The van der Waals surface area contributed by atoms with Crippen LogP contribution in [0.5, 0.6) is 5.75 Å². The molecule has 0 atom stereocenters. The molecule has 0 aliphatic heterocycles. The van der Waals surface area contributed by atoms with E-state index in [4.69, 9.17) is 0 Å². The standard InChI is InChI=1S/C17H14F3NOS/c1-9-3-4-13-15(5-9)23-16(21-13)8-11-7-14(22)10(2)6-12(11)17(18,19)20/h3-7,22H,8H2,1-2H3. The first-order valence-corrected chi connectivity index (χ1v) is 7.81. The van der Waals surface area contributed by atoms with E-state index in [1.165, 1.54) is 24.3 Å². The second-order valence-corrected chi connectivity index (χ2v) is 6.66. The number of hydrogen-bond donors (Lipinski definition) is 1. The van der Waals surface area contributed by atoms with Gasteiger partial charge in [0.2, 0.25) is 0 Å². The molecule has 0 saturated carbocycles. The van der Waals surface area contributed by atoms with Gasteiger partial charge in [0, 0.05) is 6.42 Å². The maximum atomic E-state index is 13.2. The molecule has 0 amide bonds. The fourth-order valence-corrected chi connectivity index (χ4v) is 3.56. The Morgan fingerprint density at radius 1 is 1.13 bits per heavy atom. The molecule has 0 spiro atoms. The number of aromatic nitrogens is 1. The van der Waals surface area contributed by atoms with Gasteiger partial charge >= 0.3 is 6.18 Å². The third-order valence-electron chi connectivity index (χ3n) is 3.66. The molecule has 0 aliphatic rings. The van der Waals surface area contributed by atoms with Gasteiger partial charge in [-0.25, -0.2) is 4.98 Å². The summed E-state index contributed by atoms with van der Waals surface area (Å²) >= 11 is 1.38. The smallest absolute Gasteiger partial charge is 0.416 e. The van der Waals surface area contributed by atoms with Crippen molar-refractivity contribution in [1.29, 1.82) is 0 Å². The number of rotatable bonds is 2. The predicted molar refractivity (Wildman–Crippen MR) is 85.0 cm³/mol. The summed E-state index contributed by atoms with van der Waals surface area (Å²) in [5.74, 6) is -0.134. The molecule has 1 heterocycles. The minimum Gasteiger partial charge on any atom is -0.508 e. The first-order chi connectivity index (χ1) is 10.7. The lowest BCUT2D eigenvalue weighted by Crippen LogP contribution is -2.10. The Labute approximate surface area is 135 Å². The average molecular weight is 337 g/mol. The van der Waals surface area contributed by atoms with Crippen LogP contribution in [0.25, 0.3) is 10.2 Å². The van der Waals surface area contributed by atoms with E-state index in [1.54, 1.807) is 0 Å². The van der Waals surface area contributed by atoms with Crippen molar-refractivity contribution < 1.29 is 18.3 Å². The Balaban J connectivity index is 2.05. The Morgan fingerprint density at radius 2 is 1.87 bits per heavy atom. The minimum absolute atomic E-state index is 0.0383. The van der Waals surface area contributed by atoms with Crippen molar-refractivity contribution in [2.24, 2.45) is 0 Å². The number of aromatic hydroxyl groups is 1. The molecule has 0 saturated heterocycles. The Hall–Kier alpha value is -2.08. The van der Waals surface area contributed by atoms with Gasteiger partial charge in [0.25, 0.3) is 0 Å². The van der Waals surface area contributed by atoms with Crippen molar-refractivity contribution in [3.8, 4) is 5.75 Å². The summed E-state index contributed by atoms with van der Waals surface area (Å²) in [5, 5.41) is 10.4. The fraction of sp³-hybridized carbons (Fsp3) is 0.235. The first kappa shape index (κ1) is 15.8. The molecule has 3 aromatic rings. The average Bonchev–Trinajstić information content (AvgIpc) is 2.82. The van der Waals surface area contributed by atoms with Crippen LogP contribution in [0.4, 0.5) is 13.2 Å². The summed E-state index contributed by atoms with van der Waals surface area (Å²) in [5.41, 5.74) is 1.39. The Kier molecular flexibility index (Phi) is 3.80. The summed E-state index contributed by atoms with van der Waals surface area (Å²) in [4.78, 5) is 4.39. The van der Waals surface area contributed by atoms with Crippen molar-refractivity contribution in [3.63, 3.8) is 0 Å². The SMILES string of the molecule is Cc1ccc2nc(Cc3cc(O)c(C)cc3C(F)(F)F)sc2c1. The number of hydrogen-bond acceptors (Lipinski definition) is 3. The monoisotopic (exact) mass is 337 g/mol. The number of nitrogens with zero attached hydrogens (tertiary/aromatic N) is 1. The van der Waals surface area contributed by atoms with Gasteiger partial charge in [-0.3, -0.25) is 0 Å². The molecule has 120 valence electrons. The second-order valence-electron chi connectivity index (χ2n) is 5.55. The molecule has 3 rings (SSSR count). The van der Waals surface area contributed by atoms with Crippen molar-refractivity contribution in [2.75, 3.05) is 0 Å². The number of alkyl halides is 3. The van der Waals surface area contributed by atoms with Crippen LogP contribution in [0.3, 0.4) is 0 Å². The van der Waals surface area contributed by atoms with Crippen LogP contribution < -0.4 is 0 Å². The number of phenolic OH excluding ortho intramolecular Hbond substituents is 1. The number of fused-ring (bicyclic) bond motifs is 1. The van der Waals surface area contributed by atoms with Gasteiger partial charge in [-0.05, 0) is 54.8 Å². The fourth-order valence-electron chi connectivity index (χ4n) is 2.47. The van der Waals surface area contributed by atoms with E-state index in [0.717, 1.165) is 21.8 Å². The summed E-state index contributed by atoms with van der Waals surface area (Å²) in [6.07, 6.45) is -4.41. The largest absolute Gasteiger partial charge is 0.508 e. The highest BCUT2D eigenvalue weighted by Crippen LogP contribution is 2.37. The quantitative estimate of drug-likeness (QED) is 0.695. The Morgan fingerprint density at radius 3 is 2.57 bits per heavy atom. The molecule has 0 aliphatic carbocycles. The molecule has 1 aromatic heterocycles. The van der Waals surface area contributed by atoms with E-state index in [-0.39, 0.29) is 23.3 Å². The maximum Gasteiger partial charge on any atom is 0.416 e. The van der Waals surface area contributed by atoms with E-state index in [9.17, 15) is 18.3 Å². The summed E-state index contributed by atoms with van der Waals surface area (Å²) in [6.45, 7) is 3.41. The summed E-state index contributed by atoms with van der Waals surface area (Å²) in [7, 11) is 0. The Bertz CT molecular complexity index is 883. The molecular weight excluding hydrogens is 323 g/mol. The number of phenols is 1. The van der Waals surface area contributed by atoms with Gasteiger partial charge in [0.05, 0.1) is 20.8 Å². The molecule has 1 N–H and O–H groups in total. The van der Waals surface area contributed by atoms with Crippen molar-refractivity contribution >= 4 is 21.6 Å². The highest BCUT2D eigenvalue weighted by Gasteiger charge is 2.34. The van der Waals surface area contributed by atoms with E-state index >= 15 is 0 Å². The lowest BCUT2D eigenvalue weighted by atomic mass is 10.0. The molecule has 0 fully saturated rings.